The quantitative estimate of drug-likeness (QED) is 0.855. The van der Waals surface area contributed by atoms with E-state index in [0.29, 0.717) is 18.3 Å². The summed E-state index contributed by atoms with van der Waals surface area (Å²) in [5.41, 5.74) is 14.3. The van der Waals surface area contributed by atoms with E-state index in [1.807, 2.05) is 38.1 Å². The molecule has 0 aromatic carbocycles. The maximum absolute atomic E-state index is 6.29. The normalized spacial score (nSPS) is 13.8. The van der Waals surface area contributed by atoms with E-state index in [0.717, 1.165) is 29.1 Å². The van der Waals surface area contributed by atoms with Gasteiger partial charge in [-0.1, -0.05) is 13.8 Å². The summed E-state index contributed by atoms with van der Waals surface area (Å²) < 4.78 is 5.89. The third-order valence-corrected chi connectivity index (χ3v) is 3.55. The van der Waals surface area contributed by atoms with Crippen LogP contribution in [0.4, 0.5) is 5.82 Å². The molecule has 2 rings (SSSR count). The van der Waals surface area contributed by atoms with E-state index in [2.05, 4.69) is 23.8 Å². The maximum atomic E-state index is 6.29. The molecule has 0 aliphatic heterocycles. The van der Waals surface area contributed by atoms with Crippen LogP contribution in [-0.2, 0) is 0 Å². The molecule has 2 aromatic rings. The number of nitrogens with zero attached hydrogens (tertiary/aromatic N) is 2. The van der Waals surface area contributed by atoms with Crippen molar-refractivity contribution in [3.05, 3.63) is 36.2 Å². The number of aromatic nitrogens is 2. The van der Waals surface area contributed by atoms with E-state index < -0.39 is 0 Å². The van der Waals surface area contributed by atoms with Crippen LogP contribution >= 0.6 is 0 Å². The molecule has 1 atom stereocenters. The molecule has 2 aromatic heterocycles. The fraction of sp³-hybridized carbons (Fsp3) is 0.444. The van der Waals surface area contributed by atoms with Gasteiger partial charge < -0.3 is 16.2 Å². The van der Waals surface area contributed by atoms with Crippen LogP contribution in [0, 0.1) is 12.8 Å². The van der Waals surface area contributed by atoms with Crippen LogP contribution in [0.2, 0.25) is 0 Å². The number of hydrogen-bond donors (Lipinski definition) is 2. The fourth-order valence-corrected chi connectivity index (χ4v) is 2.70. The van der Waals surface area contributed by atoms with Gasteiger partial charge in [0.1, 0.15) is 18.2 Å². The van der Waals surface area contributed by atoms with E-state index in [1.165, 1.54) is 0 Å². The second kappa shape index (κ2) is 6.96. The average Bonchev–Trinajstić information content (AvgIpc) is 2.44. The predicted octanol–water partition coefficient (Wildman–Crippen LogP) is 3.18. The zero-order valence-electron chi connectivity index (χ0n) is 14.3. The van der Waals surface area contributed by atoms with E-state index in [4.69, 9.17) is 16.2 Å². The second-order valence-electron chi connectivity index (χ2n) is 6.79. The Morgan fingerprint density at radius 1 is 1.26 bits per heavy atom. The van der Waals surface area contributed by atoms with Crippen molar-refractivity contribution in [2.75, 3.05) is 12.3 Å². The zero-order valence-corrected chi connectivity index (χ0v) is 14.3. The second-order valence-corrected chi connectivity index (χ2v) is 6.79. The van der Waals surface area contributed by atoms with Crippen molar-refractivity contribution in [1.29, 1.82) is 0 Å². The number of nitrogen functional groups attached to an aromatic ring is 1. The summed E-state index contributed by atoms with van der Waals surface area (Å²) in [6, 6.07) is 7.55. The van der Waals surface area contributed by atoms with Crippen LogP contribution in [0.25, 0.3) is 11.3 Å². The average molecular weight is 314 g/mol. The van der Waals surface area contributed by atoms with Crippen molar-refractivity contribution in [3.63, 3.8) is 0 Å². The minimum Gasteiger partial charge on any atom is -0.490 e. The Hall–Kier alpha value is -2.14. The number of nitrogens with two attached hydrogens (primary N) is 2. The first-order valence-corrected chi connectivity index (χ1v) is 7.88. The lowest BCUT2D eigenvalue weighted by atomic mass is 9.93. The Morgan fingerprint density at radius 2 is 2.00 bits per heavy atom. The molecule has 0 spiro atoms. The molecular weight excluding hydrogens is 288 g/mol. The van der Waals surface area contributed by atoms with Crippen LogP contribution in [-0.4, -0.2) is 22.1 Å². The van der Waals surface area contributed by atoms with Gasteiger partial charge in [0.25, 0.3) is 0 Å². The molecule has 0 radical (unpaired) electrons. The van der Waals surface area contributed by atoms with Crippen LogP contribution < -0.4 is 16.2 Å². The Morgan fingerprint density at radius 3 is 2.61 bits per heavy atom. The Labute approximate surface area is 138 Å². The highest BCUT2D eigenvalue weighted by Gasteiger charge is 2.21. The molecule has 5 nitrogen and oxygen atoms in total. The highest BCUT2D eigenvalue weighted by molar-refractivity contribution is 5.62. The Kier molecular flexibility index (Phi) is 5.21. The minimum atomic E-state index is -0.348. The van der Waals surface area contributed by atoms with Crippen LogP contribution in [0.15, 0.2) is 30.5 Å². The first-order valence-electron chi connectivity index (χ1n) is 7.88. The molecule has 0 aliphatic carbocycles. The first-order chi connectivity index (χ1) is 10.8. The predicted molar refractivity (Wildman–Crippen MR) is 94.2 cm³/mol. The third-order valence-electron chi connectivity index (χ3n) is 3.55. The van der Waals surface area contributed by atoms with Gasteiger partial charge in [0.05, 0.1) is 11.4 Å². The Bertz CT molecular complexity index is 668. The lowest BCUT2D eigenvalue weighted by Crippen LogP contribution is -2.43. The van der Waals surface area contributed by atoms with Crippen molar-refractivity contribution in [2.24, 2.45) is 11.7 Å². The number of aryl methyl sites for hydroxylation is 1. The summed E-state index contributed by atoms with van der Waals surface area (Å²) >= 11 is 0. The molecule has 124 valence electrons. The molecule has 23 heavy (non-hydrogen) atoms. The molecule has 1 unspecified atom stereocenters. The van der Waals surface area contributed by atoms with Gasteiger partial charge in [0, 0.05) is 17.3 Å². The number of ether oxygens (including phenoxy) is 1. The van der Waals surface area contributed by atoms with Gasteiger partial charge in [-0.25, -0.2) is 9.97 Å². The lowest BCUT2D eigenvalue weighted by Gasteiger charge is -2.27. The topological polar surface area (TPSA) is 87.0 Å². The van der Waals surface area contributed by atoms with Gasteiger partial charge in [0.15, 0.2) is 0 Å². The summed E-state index contributed by atoms with van der Waals surface area (Å²) in [7, 11) is 0. The number of anilines is 1. The van der Waals surface area contributed by atoms with Gasteiger partial charge >= 0.3 is 0 Å². The number of hydrogen-bond acceptors (Lipinski definition) is 5. The molecule has 0 saturated carbocycles. The summed E-state index contributed by atoms with van der Waals surface area (Å²) in [4.78, 5) is 8.59. The Balaban J connectivity index is 2.11. The summed E-state index contributed by atoms with van der Waals surface area (Å²) in [6.07, 6.45) is 2.59. The highest BCUT2D eigenvalue weighted by atomic mass is 16.5. The zero-order chi connectivity index (χ0) is 17.0. The molecule has 0 amide bonds. The molecule has 0 saturated heterocycles. The molecule has 0 fully saturated rings. The van der Waals surface area contributed by atoms with Crippen molar-refractivity contribution in [2.45, 2.75) is 39.7 Å². The van der Waals surface area contributed by atoms with Crippen molar-refractivity contribution in [3.8, 4) is 17.0 Å². The van der Waals surface area contributed by atoms with Crippen molar-refractivity contribution >= 4 is 5.82 Å². The number of rotatable bonds is 6. The SMILES string of the molecule is Cc1nc(-c2ccnc(N)c2)ccc1OCC(C)(N)CC(C)C. The van der Waals surface area contributed by atoms with Crippen molar-refractivity contribution < 1.29 is 4.74 Å². The molecule has 4 N–H and O–H groups in total. The van der Waals surface area contributed by atoms with Crippen LogP contribution in [0.5, 0.6) is 5.75 Å². The lowest BCUT2D eigenvalue weighted by molar-refractivity contribution is 0.205. The molecule has 0 aliphatic rings. The molecule has 0 bridgehead atoms. The standard InChI is InChI=1S/C18H26N4O/c1-12(2)10-18(4,20)11-23-16-6-5-15(22-13(16)3)14-7-8-21-17(19)9-14/h5-9,12H,10-11,20H2,1-4H3,(H2,19,21). The molecule has 2 heterocycles. The van der Waals surface area contributed by atoms with Gasteiger partial charge in [-0.05, 0) is 50.5 Å². The molecular formula is C18H26N4O. The van der Waals surface area contributed by atoms with E-state index in [9.17, 15) is 0 Å². The first kappa shape index (κ1) is 17.2. The summed E-state index contributed by atoms with van der Waals surface area (Å²) in [5.74, 6) is 1.78. The van der Waals surface area contributed by atoms with Gasteiger partial charge in [-0.2, -0.15) is 0 Å². The highest BCUT2D eigenvalue weighted by Crippen LogP contribution is 2.24. The number of pyridine rings is 2. The van der Waals surface area contributed by atoms with Crippen LogP contribution in [0.3, 0.4) is 0 Å². The molecule has 5 heteroatoms. The minimum absolute atomic E-state index is 0.348. The van der Waals surface area contributed by atoms with E-state index >= 15 is 0 Å². The van der Waals surface area contributed by atoms with E-state index in [-0.39, 0.29) is 5.54 Å². The van der Waals surface area contributed by atoms with Gasteiger partial charge in [-0.15, -0.1) is 0 Å². The van der Waals surface area contributed by atoms with Gasteiger partial charge in [-0.3, -0.25) is 0 Å². The largest absolute Gasteiger partial charge is 0.490 e. The summed E-state index contributed by atoms with van der Waals surface area (Å²) in [5, 5.41) is 0. The van der Waals surface area contributed by atoms with E-state index in [1.54, 1.807) is 6.20 Å². The van der Waals surface area contributed by atoms with Crippen molar-refractivity contribution in [1.82, 2.24) is 9.97 Å². The maximum Gasteiger partial charge on any atom is 0.140 e. The fourth-order valence-electron chi connectivity index (χ4n) is 2.70. The monoisotopic (exact) mass is 314 g/mol. The van der Waals surface area contributed by atoms with Crippen LogP contribution in [0.1, 0.15) is 32.9 Å². The summed E-state index contributed by atoms with van der Waals surface area (Å²) in [6.45, 7) is 8.74. The van der Waals surface area contributed by atoms with Gasteiger partial charge in [0.2, 0.25) is 0 Å². The third kappa shape index (κ3) is 4.93. The smallest absolute Gasteiger partial charge is 0.140 e.